The standard InChI is InChI=1S/C7H10N2O/c1-6(8)3-4-7(2)9-5-10/h3-5H,1-2,8H2,(H,9,10)/b4-3-. The molecule has 0 radical (unpaired) electrons. The van der Waals surface area contributed by atoms with E-state index in [2.05, 4.69) is 18.5 Å². The van der Waals surface area contributed by atoms with Gasteiger partial charge in [-0.05, 0) is 12.2 Å². The molecule has 0 aromatic heterocycles. The summed E-state index contributed by atoms with van der Waals surface area (Å²) in [6.07, 6.45) is 3.67. The molecule has 3 heteroatoms. The van der Waals surface area contributed by atoms with Crippen LogP contribution in [0.4, 0.5) is 0 Å². The minimum Gasteiger partial charge on any atom is -0.399 e. The molecule has 10 heavy (non-hydrogen) atoms. The molecule has 0 unspecified atom stereocenters. The molecule has 0 aliphatic heterocycles. The molecule has 0 fully saturated rings. The average Bonchev–Trinajstić information content (AvgIpc) is 1.85. The summed E-state index contributed by atoms with van der Waals surface area (Å²) in [6.45, 7) is 6.91. The molecule has 3 N–H and O–H groups in total. The van der Waals surface area contributed by atoms with Gasteiger partial charge >= 0.3 is 0 Å². The van der Waals surface area contributed by atoms with Crippen molar-refractivity contribution in [1.29, 1.82) is 0 Å². The Kier molecular flexibility index (Phi) is 3.72. The van der Waals surface area contributed by atoms with Crippen LogP contribution in [0.1, 0.15) is 0 Å². The van der Waals surface area contributed by atoms with Gasteiger partial charge in [0.2, 0.25) is 6.41 Å². The van der Waals surface area contributed by atoms with Crippen LogP contribution in [0.15, 0.2) is 36.7 Å². The van der Waals surface area contributed by atoms with Crippen molar-refractivity contribution >= 4 is 6.41 Å². The van der Waals surface area contributed by atoms with Gasteiger partial charge in [-0.3, -0.25) is 4.79 Å². The zero-order valence-corrected chi connectivity index (χ0v) is 5.63. The number of hydrogen-bond acceptors (Lipinski definition) is 2. The van der Waals surface area contributed by atoms with Gasteiger partial charge in [0.25, 0.3) is 0 Å². The molecule has 0 saturated heterocycles. The third kappa shape index (κ3) is 4.64. The second kappa shape index (κ2) is 4.38. The minimum atomic E-state index is 0.425. The van der Waals surface area contributed by atoms with Crippen LogP contribution in [0.5, 0.6) is 0 Å². The van der Waals surface area contributed by atoms with Crippen LogP contribution < -0.4 is 11.1 Å². The maximum Gasteiger partial charge on any atom is 0.211 e. The number of carbonyl (C=O) groups is 1. The van der Waals surface area contributed by atoms with Gasteiger partial charge < -0.3 is 11.1 Å². The lowest BCUT2D eigenvalue weighted by atomic mass is 10.4. The number of hydrogen-bond donors (Lipinski definition) is 2. The van der Waals surface area contributed by atoms with Crippen LogP contribution in [-0.2, 0) is 4.79 Å². The minimum absolute atomic E-state index is 0.425. The van der Waals surface area contributed by atoms with Gasteiger partial charge in [-0.15, -0.1) is 0 Å². The predicted octanol–water partition coefficient (Wildman–Crippen LogP) is 0.275. The van der Waals surface area contributed by atoms with Gasteiger partial charge in [0.05, 0.1) is 0 Å². The highest BCUT2D eigenvalue weighted by atomic mass is 16.1. The maximum absolute atomic E-state index is 9.80. The third-order valence-corrected chi connectivity index (χ3v) is 0.743. The summed E-state index contributed by atoms with van der Waals surface area (Å²) in [5.41, 5.74) is 6.11. The molecule has 0 rings (SSSR count). The van der Waals surface area contributed by atoms with Crippen LogP contribution in [0.25, 0.3) is 0 Å². The summed E-state index contributed by atoms with van der Waals surface area (Å²) in [5.74, 6) is 0. The third-order valence-electron chi connectivity index (χ3n) is 0.743. The first-order valence-electron chi connectivity index (χ1n) is 2.68. The van der Waals surface area contributed by atoms with Crippen molar-refractivity contribution in [3.63, 3.8) is 0 Å². The lowest BCUT2D eigenvalue weighted by molar-refractivity contribution is -0.108. The highest BCUT2D eigenvalue weighted by Crippen LogP contribution is 1.87. The van der Waals surface area contributed by atoms with Gasteiger partial charge in [0.15, 0.2) is 0 Å². The number of nitrogens with two attached hydrogens (primary N) is 1. The molecule has 0 aromatic carbocycles. The van der Waals surface area contributed by atoms with Crippen molar-refractivity contribution in [2.24, 2.45) is 5.73 Å². The average molecular weight is 138 g/mol. The fraction of sp³-hybridized carbons (Fsp3) is 0. The van der Waals surface area contributed by atoms with Gasteiger partial charge in [-0.25, -0.2) is 0 Å². The summed E-state index contributed by atoms with van der Waals surface area (Å²) < 4.78 is 0. The van der Waals surface area contributed by atoms with E-state index in [0.29, 0.717) is 17.8 Å². The monoisotopic (exact) mass is 138 g/mol. The van der Waals surface area contributed by atoms with Crippen molar-refractivity contribution in [2.75, 3.05) is 0 Å². The Labute approximate surface area is 59.9 Å². The summed E-state index contributed by atoms with van der Waals surface area (Å²) >= 11 is 0. The second-order valence-corrected chi connectivity index (χ2v) is 1.70. The SMILES string of the molecule is C=C(N)/C=C\C(=C)NC=O. The summed E-state index contributed by atoms with van der Waals surface area (Å²) in [5, 5.41) is 2.34. The van der Waals surface area contributed by atoms with Crippen LogP contribution in [-0.4, -0.2) is 6.41 Å². The topological polar surface area (TPSA) is 55.1 Å². The Morgan fingerprint density at radius 3 is 2.40 bits per heavy atom. The lowest BCUT2D eigenvalue weighted by Crippen LogP contribution is -2.06. The lowest BCUT2D eigenvalue weighted by Gasteiger charge is -1.93. The molecule has 54 valence electrons. The number of allylic oxidation sites excluding steroid dienone is 2. The van der Waals surface area contributed by atoms with Crippen molar-refractivity contribution in [3.05, 3.63) is 36.7 Å². The van der Waals surface area contributed by atoms with Crippen molar-refractivity contribution in [1.82, 2.24) is 5.32 Å². The largest absolute Gasteiger partial charge is 0.399 e. The van der Waals surface area contributed by atoms with Gasteiger partial charge in [0.1, 0.15) is 0 Å². The van der Waals surface area contributed by atoms with Gasteiger partial charge in [-0.1, -0.05) is 13.2 Å². The molecule has 0 atom stereocenters. The van der Waals surface area contributed by atoms with Gasteiger partial charge in [0, 0.05) is 11.4 Å². The number of rotatable bonds is 4. The van der Waals surface area contributed by atoms with E-state index in [9.17, 15) is 4.79 Å². The van der Waals surface area contributed by atoms with Crippen LogP contribution in [0, 0.1) is 0 Å². The Balaban J connectivity index is 3.77. The van der Waals surface area contributed by atoms with E-state index in [-0.39, 0.29) is 0 Å². The second-order valence-electron chi connectivity index (χ2n) is 1.70. The molecule has 0 spiro atoms. The number of nitrogens with one attached hydrogen (secondary N) is 1. The molecule has 3 nitrogen and oxygen atoms in total. The Morgan fingerprint density at radius 2 is 2.00 bits per heavy atom. The molecule has 0 heterocycles. The smallest absolute Gasteiger partial charge is 0.211 e. The van der Waals surface area contributed by atoms with Crippen LogP contribution in [0.2, 0.25) is 0 Å². The van der Waals surface area contributed by atoms with Crippen molar-refractivity contribution < 1.29 is 4.79 Å². The predicted molar refractivity (Wildman–Crippen MR) is 40.8 cm³/mol. The molecule has 0 bridgehead atoms. The molecule has 0 aliphatic carbocycles. The highest BCUT2D eigenvalue weighted by Gasteiger charge is 1.81. The van der Waals surface area contributed by atoms with Gasteiger partial charge in [-0.2, -0.15) is 0 Å². The summed E-state index contributed by atoms with van der Waals surface area (Å²) in [4.78, 5) is 9.80. The van der Waals surface area contributed by atoms with E-state index in [0.717, 1.165) is 0 Å². The number of carbonyl (C=O) groups excluding carboxylic acids is 1. The van der Waals surface area contributed by atoms with Crippen LogP contribution >= 0.6 is 0 Å². The quantitative estimate of drug-likeness (QED) is 0.433. The first-order chi connectivity index (χ1) is 4.66. The van der Waals surface area contributed by atoms with E-state index in [1.807, 2.05) is 0 Å². The molecule has 0 aromatic rings. The van der Waals surface area contributed by atoms with E-state index < -0.39 is 0 Å². The Hall–Kier alpha value is -1.51. The molecule has 1 amide bonds. The Morgan fingerprint density at radius 1 is 1.40 bits per heavy atom. The number of amides is 1. The first-order valence-corrected chi connectivity index (χ1v) is 2.68. The van der Waals surface area contributed by atoms with E-state index in [4.69, 9.17) is 5.73 Å². The highest BCUT2D eigenvalue weighted by molar-refractivity contribution is 5.51. The zero-order valence-electron chi connectivity index (χ0n) is 5.63. The normalized spacial score (nSPS) is 9.20. The Bertz CT molecular complexity index is 182. The van der Waals surface area contributed by atoms with E-state index >= 15 is 0 Å². The molecule has 0 saturated carbocycles. The van der Waals surface area contributed by atoms with E-state index in [1.54, 1.807) is 12.2 Å². The molecule has 0 aliphatic rings. The van der Waals surface area contributed by atoms with Crippen molar-refractivity contribution in [2.45, 2.75) is 0 Å². The summed E-state index contributed by atoms with van der Waals surface area (Å²) in [7, 11) is 0. The molecular formula is C7H10N2O. The molecular weight excluding hydrogens is 128 g/mol. The zero-order chi connectivity index (χ0) is 7.98. The maximum atomic E-state index is 9.80. The fourth-order valence-electron chi connectivity index (χ4n) is 0.331. The van der Waals surface area contributed by atoms with Crippen LogP contribution in [0.3, 0.4) is 0 Å². The van der Waals surface area contributed by atoms with Crippen molar-refractivity contribution in [3.8, 4) is 0 Å². The summed E-state index contributed by atoms with van der Waals surface area (Å²) in [6, 6.07) is 0. The fourth-order valence-corrected chi connectivity index (χ4v) is 0.331. The first kappa shape index (κ1) is 8.49. The van der Waals surface area contributed by atoms with E-state index in [1.165, 1.54) is 0 Å².